The Morgan fingerprint density at radius 1 is 1.30 bits per heavy atom. The number of rotatable bonds is 5. The fraction of sp³-hybridized carbons (Fsp3) is 0.500. The van der Waals surface area contributed by atoms with Crippen molar-refractivity contribution in [3.05, 3.63) is 30.1 Å². The molecule has 126 valence electrons. The van der Waals surface area contributed by atoms with Crippen LogP contribution in [0.1, 0.15) is 19.8 Å². The molecule has 0 aromatic heterocycles. The highest BCUT2D eigenvalue weighted by molar-refractivity contribution is 8.00. The van der Waals surface area contributed by atoms with E-state index in [1.807, 2.05) is 0 Å². The number of halogens is 1. The second-order valence-electron chi connectivity index (χ2n) is 5.27. The molecule has 0 bridgehead atoms. The van der Waals surface area contributed by atoms with Gasteiger partial charge < -0.3 is 15.0 Å². The zero-order chi connectivity index (χ0) is 16.7. The fourth-order valence-electron chi connectivity index (χ4n) is 2.37. The number of likely N-dealkylation sites (tertiary alicyclic amines) is 1. The number of carbonyl (C=O) groups excluding carboxylic acids is 2. The van der Waals surface area contributed by atoms with Crippen LogP contribution in [0.25, 0.3) is 0 Å². The predicted molar refractivity (Wildman–Crippen MR) is 86.9 cm³/mol. The van der Waals surface area contributed by atoms with Gasteiger partial charge in [0.2, 0.25) is 5.91 Å². The summed E-state index contributed by atoms with van der Waals surface area (Å²) in [5.74, 6) is -0.0370. The molecule has 0 radical (unpaired) electrons. The first-order valence-electron chi connectivity index (χ1n) is 7.68. The van der Waals surface area contributed by atoms with Gasteiger partial charge in [-0.25, -0.2) is 9.18 Å². The van der Waals surface area contributed by atoms with E-state index >= 15 is 0 Å². The Hall–Kier alpha value is -1.76. The third kappa shape index (κ3) is 5.74. The summed E-state index contributed by atoms with van der Waals surface area (Å²) >= 11 is 1.37. The SMILES string of the molecule is CCOC(=O)N1CCC(NC(=O)CSc2ccc(F)cc2)CC1. The van der Waals surface area contributed by atoms with Crippen molar-refractivity contribution in [1.29, 1.82) is 0 Å². The van der Waals surface area contributed by atoms with Crippen LogP contribution in [0.4, 0.5) is 9.18 Å². The number of nitrogens with one attached hydrogen (secondary N) is 1. The van der Waals surface area contributed by atoms with Crippen LogP contribution in [0.2, 0.25) is 0 Å². The summed E-state index contributed by atoms with van der Waals surface area (Å²) in [6, 6.07) is 6.16. The maximum absolute atomic E-state index is 12.8. The fourth-order valence-corrected chi connectivity index (χ4v) is 3.08. The predicted octanol–water partition coefficient (Wildman–Crippen LogP) is 2.65. The number of hydrogen-bond donors (Lipinski definition) is 1. The van der Waals surface area contributed by atoms with E-state index in [9.17, 15) is 14.0 Å². The van der Waals surface area contributed by atoms with Crippen molar-refractivity contribution in [2.45, 2.75) is 30.7 Å². The van der Waals surface area contributed by atoms with Gasteiger partial charge >= 0.3 is 6.09 Å². The number of ether oxygens (including phenoxy) is 1. The molecule has 5 nitrogen and oxygen atoms in total. The van der Waals surface area contributed by atoms with E-state index in [1.54, 1.807) is 24.0 Å². The molecule has 1 N–H and O–H groups in total. The molecule has 1 saturated heterocycles. The van der Waals surface area contributed by atoms with E-state index < -0.39 is 0 Å². The Morgan fingerprint density at radius 3 is 2.57 bits per heavy atom. The van der Waals surface area contributed by atoms with Crippen molar-refractivity contribution in [3.63, 3.8) is 0 Å². The lowest BCUT2D eigenvalue weighted by atomic mass is 10.1. The van der Waals surface area contributed by atoms with Gasteiger partial charge in [0.1, 0.15) is 5.82 Å². The average Bonchev–Trinajstić information content (AvgIpc) is 2.55. The van der Waals surface area contributed by atoms with Crippen LogP contribution in [0.15, 0.2) is 29.2 Å². The smallest absolute Gasteiger partial charge is 0.409 e. The van der Waals surface area contributed by atoms with E-state index in [4.69, 9.17) is 4.74 Å². The molecule has 0 aliphatic carbocycles. The number of thioether (sulfide) groups is 1. The lowest BCUT2D eigenvalue weighted by Gasteiger charge is -2.31. The third-order valence-corrected chi connectivity index (χ3v) is 4.58. The average molecular weight is 340 g/mol. The van der Waals surface area contributed by atoms with Crippen molar-refractivity contribution >= 4 is 23.8 Å². The molecule has 2 rings (SSSR count). The third-order valence-electron chi connectivity index (χ3n) is 3.57. The minimum atomic E-state index is -0.288. The van der Waals surface area contributed by atoms with Crippen LogP contribution < -0.4 is 5.32 Å². The number of amides is 2. The Morgan fingerprint density at radius 2 is 1.96 bits per heavy atom. The molecule has 0 spiro atoms. The van der Waals surface area contributed by atoms with E-state index in [0.717, 1.165) is 17.7 Å². The van der Waals surface area contributed by atoms with Crippen molar-refractivity contribution in [1.82, 2.24) is 10.2 Å². The molecule has 1 aromatic carbocycles. The normalized spacial score (nSPS) is 15.3. The molecule has 2 amide bonds. The zero-order valence-electron chi connectivity index (χ0n) is 13.1. The minimum Gasteiger partial charge on any atom is -0.450 e. The number of piperidine rings is 1. The number of carbonyl (C=O) groups is 2. The Kier molecular flexibility index (Phi) is 6.70. The standard InChI is InChI=1S/C16H21FN2O3S/c1-2-22-16(21)19-9-7-13(8-10-19)18-15(20)11-23-14-5-3-12(17)4-6-14/h3-6,13H,2,7-11H2,1H3,(H,18,20). The van der Waals surface area contributed by atoms with Gasteiger partial charge in [0.05, 0.1) is 12.4 Å². The number of benzene rings is 1. The highest BCUT2D eigenvalue weighted by atomic mass is 32.2. The lowest BCUT2D eigenvalue weighted by Crippen LogP contribution is -2.47. The number of hydrogen-bond acceptors (Lipinski definition) is 4. The molecule has 1 heterocycles. The summed E-state index contributed by atoms with van der Waals surface area (Å²) in [7, 11) is 0. The summed E-state index contributed by atoms with van der Waals surface area (Å²) in [5, 5.41) is 2.98. The second kappa shape index (κ2) is 8.76. The highest BCUT2D eigenvalue weighted by Crippen LogP contribution is 2.18. The van der Waals surface area contributed by atoms with Crippen molar-refractivity contribution in [2.24, 2.45) is 0 Å². The van der Waals surface area contributed by atoms with Gasteiger partial charge in [-0.3, -0.25) is 4.79 Å². The molecular formula is C16H21FN2O3S. The monoisotopic (exact) mass is 340 g/mol. The van der Waals surface area contributed by atoms with Gasteiger partial charge in [0.15, 0.2) is 0 Å². The van der Waals surface area contributed by atoms with Crippen LogP contribution in [-0.2, 0) is 9.53 Å². The molecule has 0 unspecified atom stereocenters. The molecule has 23 heavy (non-hydrogen) atoms. The maximum atomic E-state index is 12.8. The Labute approximate surface area is 139 Å². The molecule has 1 fully saturated rings. The quantitative estimate of drug-likeness (QED) is 0.837. The summed E-state index contributed by atoms with van der Waals surface area (Å²) in [5.41, 5.74) is 0. The van der Waals surface area contributed by atoms with Gasteiger partial charge in [0, 0.05) is 24.0 Å². The molecule has 7 heteroatoms. The van der Waals surface area contributed by atoms with Crippen molar-refractivity contribution in [2.75, 3.05) is 25.4 Å². The summed E-state index contributed by atoms with van der Waals surface area (Å²) in [6.45, 7) is 3.34. The summed E-state index contributed by atoms with van der Waals surface area (Å²) in [4.78, 5) is 26.1. The molecule has 1 aromatic rings. The van der Waals surface area contributed by atoms with Crippen LogP contribution in [0.3, 0.4) is 0 Å². The first-order valence-corrected chi connectivity index (χ1v) is 8.66. The first kappa shape index (κ1) is 17.6. The molecule has 0 atom stereocenters. The van der Waals surface area contributed by atoms with E-state index in [2.05, 4.69) is 5.32 Å². The number of nitrogens with zero attached hydrogens (tertiary/aromatic N) is 1. The van der Waals surface area contributed by atoms with E-state index in [1.165, 1.54) is 23.9 Å². The topological polar surface area (TPSA) is 58.6 Å². The zero-order valence-corrected chi connectivity index (χ0v) is 13.9. The Bertz CT molecular complexity index is 531. The van der Waals surface area contributed by atoms with Crippen LogP contribution in [0.5, 0.6) is 0 Å². The van der Waals surface area contributed by atoms with E-state index in [0.29, 0.717) is 25.4 Å². The van der Waals surface area contributed by atoms with E-state index in [-0.39, 0.29) is 23.9 Å². The van der Waals surface area contributed by atoms with Gasteiger partial charge in [-0.15, -0.1) is 11.8 Å². The second-order valence-corrected chi connectivity index (χ2v) is 6.32. The maximum Gasteiger partial charge on any atom is 0.409 e. The largest absolute Gasteiger partial charge is 0.450 e. The Balaban J connectivity index is 1.68. The van der Waals surface area contributed by atoms with Gasteiger partial charge in [-0.1, -0.05) is 0 Å². The molecular weight excluding hydrogens is 319 g/mol. The minimum absolute atomic E-state index is 0.0473. The van der Waals surface area contributed by atoms with Crippen molar-refractivity contribution < 1.29 is 18.7 Å². The summed E-state index contributed by atoms with van der Waals surface area (Å²) in [6.07, 6.45) is 1.17. The van der Waals surface area contributed by atoms with Crippen LogP contribution in [-0.4, -0.2) is 48.4 Å². The van der Waals surface area contributed by atoms with Gasteiger partial charge in [0.25, 0.3) is 0 Å². The first-order chi connectivity index (χ1) is 11.1. The highest BCUT2D eigenvalue weighted by Gasteiger charge is 2.24. The molecule has 0 saturated carbocycles. The molecule has 1 aliphatic heterocycles. The molecule has 1 aliphatic rings. The van der Waals surface area contributed by atoms with Crippen LogP contribution >= 0.6 is 11.8 Å². The summed E-state index contributed by atoms with van der Waals surface area (Å²) < 4.78 is 17.8. The van der Waals surface area contributed by atoms with Crippen molar-refractivity contribution in [3.8, 4) is 0 Å². The van der Waals surface area contributed by atoms with Gasteiger partial charge in [-0.05, 0) is 44.0 Å². The van der Waals surface area contributed by atoms with Gasteiger partial charge in [-0.2, -0.15) is 0 Å². The van der Waals surface area contributed by atoms with Crippen LogP contribution in [0, 0.1) is 5.82 Å². The lowest BCUT2D eigenvalue weighted by molar-refractivity contribution is -0.119.